The monoisotopic (exact) mass is 713 g/mol. The van der Waals surface area contributed by atoms with Crippen molar-refractivity contribution in [3.63, 3.8) is 0 Å². The Kier molecular flexibility index (Phi) is 16.5. The average Bonchev–Trinajstić information content (AvgIpc) is 3.39. The van der Waals surface area contributed by atoms with Crippen molar-refractivity contribution in [3.8, 4) is 0 Å². The summed E-state index contributed by atoms with van der Waals surface area (Å²) in [6, 6.07) is 15.4. The molecule has 1 aliphatic heterocycles. The van der Waals surface area contributed by atoms with Gasteiger partial charge in [-0.05, 0) is 42.3 Å². The second-order valence-corrected chi connectivity index (χ2v) is 11.8. The summed E-state index contributed by atoms with van der Waals surface area (Å²) >= 11 is 5.97. The highest BCUT2D eigenvalue weighted by molar-refractivity contribution is 6.30. The smallest absolute Gasteiger partial charge is 0.328 e. The molecule has 1 aliphatic rings. The van der Waals surface area contributed by atoms with Crippen LogP contribution in [0.4, 0.5) is 0 Å². The number of hydrogen-bond acceptors (Lipinski definition) is 9. The number of rotatable bonds is 13. The largest absolute Gasteiger partial charge is 0.478 e. The van der Waals surface area contributed by atoms with Gasteiger partial charge in [0.05, 0.1) is 24.1 Å². The number of ketones is 1. The number of amides is 1. The number of Topliss-reactive ketones (excluding diaryl/α,β-unsaturated/α-hetero) is 1. The van der Waals surface area contributed by atoms with Crippen molar-refractivity contribution in [3.05, 3.63) is 89.2 Å². The van der Waals surface area contributed by atoms with Gasteiger partial charge in [0.25, 0.3) is 0 Å². The number of aliphatic carboxylic acids is 4. The minimum absolute atomic E-state index is 0.0838. The zero-order valence-electron chi connectivity index (χ0n) is 27.5. The summed E-state index contributed by atoms with van der Waals surface area (Å²) in [5, 5.41) is 31.9. The van der Waals surface area contributed by atoms with Crippen LogP contribution in [-0.2, 0) is 37.1 Å². The Hall–Kier alpha value is -5.38. The third kappa shape index (κ3) is 14.4. The summed E-state index contributed by atoms with van der Waals surface area (Å²) in [5.41, 5.74) is 8.07. The van der Waals surface area contributed by atoms with Crippen LogP contribution in [0.25, 0.3) is 11.0 Å². The third-order valence-electron chi connectivity index (χ3n) is 7.31. The predicted molar refractivity (Wildman–Crippen MR) is 184 cm³/mol. The van der Waals surface area contributed by atoms with Gasteiger partial charge in [0.15, 0.2) is 5.78 Å². The van der Waals surface area contributed by atoms with E-state index in [9.17, 15) is 28.8 Å². The first-order valence-corrected chi connectivity index (χ1v) is 15.7. The first kappa shape index (κ1) is 40.8. The lowest BCUT2D eigenvalue weighted by Crippen LogP contribution is -2.56. The second kappa shape index (κ2) is 20.2. The van der Waals surface area contributed by atoms with Crippen molar-refractivity contribution in [2.24, 2.45) is 11.7 Å². The van der Waals surface area contributed by atoms with Crippen molar-refractivity contribution in [1.82, 2.24) is 19.4 Å². The van der Waals surface area contributed by atoms with E-state index in [1.165, 1.54) is 0 Å². The van der Waals surface area contributed by atoms with Gasteiger partial charge < -0.3 is 30.7 Å². The minimum Gasteiger partial charge on any atom is -0.478 e. The first-order chi connectivity index (χ1) is 23.6. The van der Waals surface area contributed by atoms with Crippen LogP contribution in [0.2, 0.25) is 5.02 Å². The van der Waals surface area contributed by atoms with Crippen molar-refractivity contribution < 1.29 is 49.2 Å². The molecule has 268 valence electrons. The Bertz CT molecular complexity index is 1650. The van der Waals surface area contributed by atoms with Crippen LogP contribution in [0.15, 0.2) is 72.8 Å². The van der Waals surface area contributed by atoms with E-state index in [0.717, 1.165) is 36.5 Å². The number of benzene rings is 2. The number of aromatic nitrogens is 2. The van der Waals surface area contributed by atoms with Crippen LogP contribution in [0, 0.1) is 5.92 Å². The van der Waals surface area contributed by atoms with E-state index in [1.807, 2.05) is 18.2 Å². The number of carboxylic acids is 4. The molecule has 0 saturated carbocycles. The fraction of sp³-hybridized carbons (Fsp3) is 0.324. The molecule has 3 aromatic rings. The molecule has 0 aliphatic carbocycles. The number of para-hydroxylation sites is 2. The molecule has 50 heavy (non-hydrogen) atoms. The highest BCUT2D eigenvalue weighted by Gasteiger charge is 2.31. The molecule has 0 bridgehead atoms. The van der Waals surface area contributed by atoms with E-state index in [0.29, 0.717) is 66.9 Å². The Morgan fingerprint density at radius 2 is 1.40 bits per heavy atom. The maximum absolute atomic E-state index is 12.8. The Balaban J connectivity index is 0.000000450. The molecule has 16 heteroatoms. The van der Waals surface area contributed by atoms with Gasteiger partial charge in [-0.25, -0.2) is 24.2 Å². The molecule has 1 aromatic heterocycles. The molecular weight excluding hydrogens is 674 g/mol. The van der Waals surface area contributed by atoms with E-state index in [4.69, 9.17) is 42.7 Å². The van der Waals surface area contributed by atoms with E-state index in [2.05, 4.69) is 34.3 Å². The van der Waals surface area contributed by atoms with Gasteiger partial charge in [0.2, 0.25) is 5.91 Å². The van der Waals surface area contributed by atoms with E-state index in [-0.39, 0.29) is 17.7 Å². The van der Waals surface area contributed by atoms with Crippen LogP contribution >= 0.6 is 11.6 Å². The standard InChI is InChI=1S/C26H32ClN5O2.2C4H4O4/c1-18(2)23-15-30(16-25(28)34)13-14-31(23)17-26-29-21-5-3-4-6-22(21)32(26)12-11-24(33)19-7-9-20(27)10-8-19;2*5-3(6)1-2-4(7)8/h3-10,18,23H,11-17H2,1-2H3,(H2,28,34);2*1-2H,(H,5,6)(H,7,8)/b;2*2-1+. The van der Waals surface area contributed by atoms with E-state index in [1.54, 1.807) is 24.3 Å². The number of piperazine rings is 1. The summed E-state index contributed by atoms with van der Waals surface area (Å²) in [5.74, 6) is -3.86. The molecular formula is C34H40ClN5O10. The number of halogens is 1. The van der Waals surface area contributed by atoms with Crippen molar-refractivity contribution in [2.75, 3.05) is 26.2 Å². The number of carbonyl (C=O) groups excluding carboxylic acids is 2. The van der Waals surface area contributed by atoms with Crippen molar-refractivity contribution in [2.45, 2.75) is 39.4 Å². The molecule has 1 saturated heterocycles. The van der Waals surface area contributed by atoms with E-state index < -0.39 is 23.9 Å². The van der Waals surface area contributed by atoms with Crippen LogP contribution < -0.4 is 5.73 Å². The van der Waals surface area contributed by atoms with Crippen molar-refractivity contribution >= 4 is 58.2 Å². The number of primary amides is 1. The molecule has 6 N–H and O–H groups in total. The van der Waals surface area contributed by atoms with Crippen molar-refractivity contribution in [1.29, 1.82) is 0 Å². The van der Waals surface area contributed by atoms with Crippen LogP contribution in [0.3, 0.4) is 0 Å². The van der Waals surface area contributed by atoms with Gasteiger partial charge in [-0.15, -0.1) is 0 Å². The minimum atomic E-state index is -1.26. The number of carbonyl (C=O) groups is 6. The second-order valence-electron chi connectivity index (χ2n) is 11.4. The van der Waals surface area contributed by atoms with Crippen LogP contribution in [0.5, 0.6) is 0 Å². The molecule has 2 heterocycles. The van der Waals surface area contributed by atoms with Gasteiger partial charge in [0.1, 0.15) is 5.82 Å². The predicted octanol–water partition coefficient (Wildman–Crippen LogP) is 3.01. The summed E-state index contributed by atoms with van der Waals surface area (Å²) < 4.78 is 2.18. The number of imidazole rings is 1. The number of hydrogen-bond donors (Lipinski definition) is 5. The summed E-state index contributed by atoms with van der Waals surface area (Å²) in [6.07, 6.45) is 2.62. The quantitative estimate of drug-likeness (QED) is 0.127. The molecule has 1 fully saturated rings. The Morgan fingerprint density at radius 1 is 0.860 bits per heavy atom. The molecule has 1 amide bonds. The molecule has 0 radical (unpaired) electrons. The number of nitrogens with zero attached hydrogens (tertiary/aromatic N) is 4. The van der Waals surface area contributed by atoms with E-state index >= 15 is 0 Å². The first-order valence-electron chi connectivity index (χ1n) is 15.3. The lowest BCUT2D eigenvalue weighted by Gasteiger charge is -2.43. The van der Waals surface area contributed by atoms with Gasteiger partial charge >= 0.3 is 23.9 Å². The molecule has 4 rings (SSSR count). The number of carboxylic acid groups (broad SMARTS) is 4. The number of nitrogens with two attached hydrogens (primary N) is 1. The highest BCUT2D eigenvalue weighted by atomic mass is 35.5. The molecule has 0 spiro atoms. The Morgan fingerprint density at radius 3 is 1.90 bits per heavy atom. The average molecular weight is 714 g/mol. The fourth-order valence-electron chi connectivity index (χ4n) is 5.06. The highest BCUT2D eigenvalue weighted by Crippen LogP contribution is 2.23. The van der Waals surface area contributed by atoms with Gasteiger partial charge in [-0.2, -0.15) is 0 Å². The summed E-state index contributed by atoms with van der Waals surface area (Å²) in [6.45, 7) is 8.39. The van der Waals surface area contributed by atoms with Gasteiger partial charge in [0, 0.05) is 73.5 Å². The molecule has 1 atom stereocenters. The van der Waals surface area contributed by atoms with Crippen LogP contribution in [0.1, 0.15) is 36.5 Å². The fourth-order valence-corrected chi connectivity index (χ4v) is 5.18. The summed E-state index contributed by atoms with van der Waals surface area (Å²) in [7, 11) is 0. The van der Waals surface area contributed by atoms with Crippen LogP contribution in [-0.4, -0.2) is 108 Å². The third-order valence-corrected chi connectivity index (χ3v) is 7.56. The van der Waals surface area contributed by atoms with Gasteiger partial charge in [-0.3, -0.25) is 19.4 Å². The zero-order valence-corrected chi connectivity index (χ0v) is 28.3. The Labute approximate surface area is 292 Å². The lowest BCUT2D eigenvalue weighted by atomic mass is 9.99. The number of aryl methyl sites for hydroxylation is 1. The molecule has 2 aromatic carbocycles. The summed E-state index contributed by atoms with van der Waals surface area (Å²) in [4.78, 5) is 72.0. The number of fused-ring (bicyclic) bond motifs is 1. The maximum atomic E-state index is 12.8. The molecule has 15 nitrogen and oxygen atoms in total. The maximum Gasteiger partial charge on any atom is 0.328 e. The lowest BCUT2D eigenvalue weighted by molar-refractivity contribution is -0.134. The SMILES string of the molecule is CC(C)C1CN(CC(N)=O)CCN1Cc1nc2ccccc2n1CCC(=O)c1ccc(Cl)cc1.O=C(O)/C=C/C(=O)O.O=C(O)/C=C/C(=O)O. The molecule has 1 unspecified atom stereocenters. The zero-order chi connectivity index (χ0) is 37.4. The topological polar surface area (TPSA) is 234 Å². The normalized spacial score (nSPS) is 14.9. The van der Waals surface area contributed by atoms with Gasteiger partial charge in [-0.1, -0.05) is 37.6 Å².